The Kier molecular flexibility index (Phi) is 4.44. The van der Waals surface area contributed by atoms with Gasteiger partial charge in [0.2, 0.25) is 0 Å². The van der Waals surface area contributed by atoms with Crippen LogP contribution in [0.5, 0.6) is 5.75 Å². The Morgan fingerprint density at radius 2 is 2.00 bits per heavy atom. The molecule has 0 saturated heterocycles. The highest BCUT2D eigenvalue weighted by molar-refractivity contribution is 6.02. The zero-order valence-electron chi connectivity index (χ0n) is 11.4. The topological polar surface area (TPSA) is 107 Å². The summed E-state index contributed by atoms with van der Waals surface area (Å²) >= 11 is 0. The van der Waals surface area contributed by atoms with Gasteiger partial charge in [0, 0.05) is 17.0 Å². The van der Waals surface area contributed by atoms with Gasteiger partial charge in [-0.2, -0.15) is 0 Å². The predicted octanol–water partition coefficient (Wildman–Crippen LogP) is 2.29. The van der Waals surface area contributed by atoms with Crippen molar-refractivity contribution in [1.82, 2.24) is 0 Å². The lowest BCUT2D eigenvalue weighted by molar-refractivity contribution is -0.385. The number of nitrogens with zero attached hydrogens (tertiary/aromatic N) is 1. The van der Waals surface area contributed by atoms with E-state index < -0.39 is 22.1 Å². The molecule has 7 heteroatoms. The summed E-state index contributed by atoms with van der Waals surface area (Å²) in [4.78, 5) is 33.2. The Hall–Kier alpha value is -2.44. The summed E-state index contributed by atoms with van der Waals surface area (Å²) in [6, 6.07) is 3.81. The van der Waals surface area contributed by atoms with Gasteiger partial charge in [0.15, 0.2) is 11.5 Å². The molecule has 0 atom stereocenters. The number of carbonyl (C=O) groups excluding carboxylic acids is 1. The lowest BCUT2D eigenvalue weighted by Gasteiger charge is -2.20. The van der Waals surface area contributed by atoms with Gasteiger partial charge in [-0.3, -0.25) is 19.7 Å². The largest absolute Gasteiger partial charge is 0.490 e. The first-order chi connectivity index (χ1) is 9.19. The third-order valence-corrected chi connectivity index (χ3v) is 2.85. The van der Waals surface area contributed by atoms with E-state index in [9.17, 15) is 19.7 Å². The summed E-state index contributed by atoms with van der Waals surface area (Å²) in [5.74, 6) is -1.53. The number of aliphatic carboxylic acids is 1. The lowest BCUT2D eigenvalue weighted by atomic mass is 9.81. The molecular weight excluding hydrogens is 266 g/mol. The Morgan fingerprint density at radius 1 is 1.40 bits per heavy atom. The van der Waals surface area contributed by atoms with Crippen LogP contribution in [-0.4, -0.2) is 28.9 Å². The maximum atomic E-state index is 12.2. The second-order valence-electron chi connectivity index (χ2n) is 4.93. The summed E-state index contributed by atoms with van der Waals surface area (Å²) in [6.45, 7) is 2.97. The Balaban J connectivity index is 3.20. The van der Waals surface area contributed by atoms with Crippen LogP contribution < -0.4 is 4.74 Å². The van der Waals surface area contributed by atoms with Crippen molar-refractivity contribution in [3.8, 4) is 5.75 Å². The van der Waals surface area contributed by atoms with E-state index in [4.69, 9.17) is 9.84 Å². The molecule has 0 aliphatic rings. The van der Waals surface area contributed by atoms with Crippen LogP contribution in [-0.2, 0) is 4.79 Å². The Labute approximate surface area is 115 Å². The van der Waals surface area contributed by atoms with E-state index in [1.165, 1.54) is 33.1 Å². The Morgan fingerprint density at radius 3 is 2.45 bits per heavy atom. The van der Waals surface area contributed by atoms with Gasteiger partial charge in [0.05, 0.1) is 18.5 Å². The number of nitro benzene ring substituents is 1. The first-order valence-electron chi connectivity index (χ1n) is 5.78. The number of hydrogen-bond acceptors (Lipinski definition) is 5. The molecule has 0 aliphatic heterocycles. The molecule has 0 amide bonds. The van der Waals surface area contributed by atoms with Crippen LogP contribution in [0.4, 0.5) is 5.69 Å². The first-order valence-corrected chi connectivity index (χ1v) is 5.78. The number of hydrogen-bond donors (Lipinski definition) is 1. The van der Waals surface area contributed by atoms with E-state index in [0.717, 1.165) is 6.07 Å². The molecule has 1 rings (SSSR count). The molecule has 0 radical (unpaired) electrons. The monoisotopic (exact) mass is 281 g/mol. The number of benzene rings is 1. The van der Waals surface area contributed by atoms with Crippen LogP contribution >= 0.6 is 0 Å². The number of ether oxygens (including phenoxy) is 1. The van der Waals surface area contributed by atoms with Gasteiger partial charge in [-0.15, -0.1) is 0 Å². The van der Waals surface area contributed by atoms with Gasteiger partial charge >= 0.3 is 11.7 Å². The quantitative estimate of drug-likeness (QED) is 0.487. The minimum absolute atomic E-state index is 0.0441. The second-order valence-corrected chi connectivity index (χ2v) is 4.93. The number of carboxylic acids is 1. The van der Waals surface area contributed by atoms with Crippen LogP contribution in [0.3, 0.4) is 0 Å². The summed E-state index contributed by atoms with van der Waals surface area (Å²) in [5.41, 5.74) is -1.39. The Bertz CT molecular complexity index is 564. The smallest absolute Gasteiger partial charge is 0.311 e. The number of ketones is 1. The molecule has 1 aromatic rings. The van der Waals surface area contributed by atoms with E-state index in [-0.39, 0.29) is 23.4 Å². The van der Waals surface area contributed by atoms with Gasteiger partial charge in [0.25, 0.3) is 0 Å². The molecule has 20 heavy (non-hydrogen) atoms. The van der Waals surface area contributed by atoms with Crippen LogP contribution in [0, 0.1) is 15.5 Å². The molecule has 7 nitrogen and oxygen atoms in total. The van der Waals surface area contributed by atoms with Crippen molar-refractivity contribution in [2.24, 2.45) is 5.41 Å². The van der Waals surface area contributed by atoms with Crippen LogP contribution in [0.15, 0.2) is 18.2 Å². The zero-order valence-corrected chi connectivity index (χ0v) is 11.4. The SMILES string of the molecule is COc1ccc(C(=O)C(C)(C)CC(=O)O)cc1[N+](=O)[O-]. The van der Waals surface area contributed by atoms with Crippen molar-refractivity contribution in [2.75, 3.05) is 7.11 Å². The third-order valence-electron chi connectivity index (χ3n) is 2.85. The molecule has 0 bridgehead atoms. The molecule has 0 aromatic heterocycles. The number of carbonyl (C=O) groups is 2. The summed E-state index contributed by atoms with van der Waals surface area (Å²) in [6.07, 6.45) is -0.355. The zero-order chi connectivity index (χ0) is 15.5. The highest BCUT2D eigenvalue weighted by Gasteiger charge is 2.32. The van der Waals surface area contributed by atoms with Gasteiger partial charge < -0.3 is 9.84 Å². The van der Waals surface area contributed by atoms with Crippen LogP contribution in [0.25, 0.3) is 0 Å². The number of Topliss-reactive ketones (excluding diaryl/α,β-unsaturated/α-hetero) is 1. The number of methoxy groups -OCH3 is 1. The van der Waals surface area contributed by atoms with Gasteiger partial charge in [-0.05, 0) is 12.1 Å². The van der Waals surface area contributed by atoms with E-state index >= 15 is 0 Å². The lowest BCUT2D eigenvalue weighted by Crippen LogP contribution is -2.27. The third kappa shape index (κ3) is 3.31. The van der Waals surface area contributed by atoms with Crippen LogP contribution in [0.1, 0.15) is 30.6 Å². The van der Waals surface area contributed by atoms with Crippen molar-refractivity contribution in [3.63, 3.8) is 0 Å². The highest BCUT2D eigenvalue weighted by atomic mass is 16.6. The average Bonchev–Trinajstić information content (AvgIpc) is 2.35. The molecule has 0 fully saturated rings. The maximum Gasteiger partial charge on any atom is 0.311 e. The number of rotatable bonds is 6. The fourth-order valence-electron chi connectivity index (χ4n) is 1.82. The molecule has 108 valence electrons. The van der Waals surface area contributed by atoms with Crippen molar-refractivity contribution >= 4 is 17.4 Å². The van der Waals surface area contributed by atoms with Crippen molar-refractivity contribution < 1.29 is 24.4 Å². The minimum Gasteiger partial charge on any atom is -0.490 e. The number of carboxylic acid groups (broad SMARTS) is 1. The normalized spacial score (nSPS) is 10.9. The molecule has 1 aromatic carbocycles. The van der Waals surface area contributed by atoms with Gasteiger partial charge in [-0.1, -0.05) is 13.8 Å². The van der Waals surface area contributed by atoms with Gasteiger partial charge in [0.1, 0.15) is 0 Å². The second kappa shape index (κ2) is 5.68. The fraction of sp³-hybridized carbons (Fsp3) is 0.385. The predicted molar refractivity (Wildman–Crippen MR) is 70.0 cm³/mol. The standard InChI is InChI=1S/C13H15NO6/c1-13(2,7-11(15)16)12(17)8-4-5-10(20-3)9(6-8)14(18)19/h4-6H,7H2,1-3H3,(H,15,16). The molecule has 1 N–H and O–H groups in total. The maximum absolute atomic E-state index is 12.2. The van der Waals surface area contributed by atoms with E-state index in [2.05, 4.69) is 0 Å². The summed E-state index contributed by atoms with van der Waals surface area (Å²) < 4.78 is 4.84. The molecule has 0 aliphatic carbocycles. The average molecular weight is 281 g/mol. The molecule has 0 unspecified atom stereocenters. The van der Waals surface area contributed by atoms with Crippen LogP contribution in [0.2, 0.25) is 0 Å². The molecule has 0 heterocycles. The number of nitro groups is 1. The van der Waals surface area contributed by atoms with E-state index in [1.54, 1.807) is 0 Å². The molecule has 0 saturated carbocycles. The van der Waals surface area contributed by atoms with Gasteiger partial charge in [-0.25, -0.2) is 0 Å². The molecular formula is C13H15NO6. The van der Waals surface area contributed by atoms with E-state index in [1.807, 2.05) is 0 Å². The minimum atomic E-state index is -1.14. The summed E-state index contributed by atoms with van der Waals surface area (Å²) in [5, 5.41) is 19.7. The fourth-order valence-corrected chi connectivity index (χ4v) is 1.82. The van der Waals surface area contributed by atoms with Crippen molar-refractivity contribution in [2.45, 2.75) is 20.3 Å². The first kappa shape index (κ1) is 15.6. The van der Waals surface area contributed by atoms with Crippen molar-refractivity contribution in [3.05, 3.63) is 33.9 Å². The molecule has 0 spiro atoms. The highest BCUT2D eigenvalue weighted by Crippen LogP contribution is 2.32. The van der Waals surface area contributed by atoms with Crippen molar-refractivity contribution in [1.29, 1.82) is 0 Å². The summed E-state index contributed by atoms with van der Waals surface area (Å²) in [7, 11) is 1.29. The van der Waals surface area contributed by atoms with E-state index in [0.29, 0.717) is 0 Å².